The highest BCUT2D eigenvalue weighted by molar-refractivity contribution is 5.51. The summed E-state index contributed by atoms with van der Waals surface area (Å²) in [6, 6.07) is 7.46. The molecular formula is C20H26N6O2. The summed E-state index contributed by atoms with van der Waals surface area (Å²) < 4.78 is 5.74. The number of phenols is 1. The second kappa shape index (κ2) is 8.76. The molecule has 1 aromatic heterocycles. The van der Waals surface area contributed by atoms with Crippen molar-refractivity contribution in [2.75, 3.05) is 23.7 Å². The Morgan fingerprint density at radius 2 is 2.11 bits per heavy atom. The molecule has 1 aliphatic rings. The smallest absolute Gasteiger partial charge is 0.227 e. The standard InChI is InChI=1S/C20H26N6O2/c1-13(2)28-18-8-14(7-17(27)9-18)12-26(16-3-5-23-6-4-16)20-24-11-15(10-21)19(22)25-20/h7-9,11,13,16,23,27H,3-6,12H2,1-2H3,(H2,22,24,25). The van der Waals surface area contributed by atoms with Gasteiger partial charge in [0.15, 0.2) is 0 Å². The first-order valence-electron chi connectivity index (χ1n) is 9.46. The lowest BCUT2D eigenvalue weighted by molar-refractivity contribution is 0.241. The Bertz CT molecular complexity index is 858. The summed E-state index contributed by atoms with van der Waals surface area (Å²) >= 11 is 0. The van der Waals surface area contributed by atoms with Gasteiger partial charge in [-0.3, -0.25) is 0 Å². The van der Waals surface area contributed by atoms with Crippen molar-refractivity contribution in [1.29, 1.82) is 5.26 Å². The van der Waals surface area contributed by atoms with Gasteiger partial charge in [0.25, 0.3) is 0 Å². The molecule has 0 aliphatic carbocycles. The lowest BCUT2D eigenvalue weighted by Gasteiger charge is -2.35. The summed E-state index contributed by atoms with van der Waals surface area (Å²) in [6.45, 7) is 6.21. The summed E-state index contributed by atoms with van der Waals surface area (Å²) in [6.07, 6.45) is 3.35. The first-order valence-corrected chi connectivity index (χ1v) is 9.46. The van der Waals surface area contributed by atoms with E-state index in [1.807, 2.05) is 26.0 Å². The van der Waals surface area contributed by atoms with Crippen LogP contribution in [0.25, 0.3) is 0 Å². The van der Waals surface area contributed by atoms with Crippen molar-refractivity contribution in [2.24, 2.45) is 0 Å². The number of nitrogens with zero attached hydrogens (tertiary/aromatic N) is 4. The van der Waals surface area contributed by atoms with Gasteiger partial charge >= 0.3 is 0 Å². The van der Waals surface area contributed by atoms with Gasteiger partial charge in [-0.15, -0.1) is 0 Å². The second-order valence-electron chi connectivity index (χ2n) is 7.19. The summed E-state index contributed by atoms with van der Waals surface area (Å²) in [5.74, 6) is 1.43. The molecule has 4 N–H and O–H groups in total. The molecule has 1 saturated heterocycles. The predicted molar refractivity (Wildman–Crippen MR) is 107 cm³/mol. The number of rotatable bonds is 6. The third kappa shape index (κ3) is 4.81. The normalized spacial score (nSPS) is 14.6. The van der Waals surface area contributed by atoms with Crippen LogP contribution in [0.3, 0.4) is 0 Å². The van der Waals surface area contributed by atoms with Crippen molar-refractivity contribution in [3.8, 4) is 17.6 Å². The van der Waals surface area contributed by atoms with Crippen LogP contribution in [0.1, 0.15) is 37.8 Å². The van der Waals surface area contributed by atoms with E-state index in [-0.39, 0.29) is 29.3 Å². The lowest BCUT2D eigenvalue weighted by atomic mass is 10.0. The number of hydrogen-bond donors (Lipinski definition) is 3. The Labute approximate surface area is 165 Å². The molecule has 8 heteroatoms. The van der Waals surface area contributed by atoms with Crippen LogP contribution < -0.4 is 20.7 Å². The second-order valence-corrected chi connectivity index (χ2v) is 7.19. The minimum absolute atomic E-state index is 0.0110. The third-order valence-corrected chi connectivity index (χ3v) is 4.61. The molecule has 148 valence electrons. The maximum atomic E-state index is 10.1. The predicted octanol–water partition coefficient (Wildman–Crippen LogP) is 2.18. The highest BCUT2D eigenvalue weighted by Crippen LogP contribution is 2.27. The monoisotopic (exact) mass is 382 g/mol. The minimum atomic E-state index is 0.0110. The van der Waals surface area contributed by atoms with Crippen LogP contribution in [0.4, 0.5) is 11.8 Å². The van der Waals surface area contributed by atoms with Crippen LogP contribution in [-0.2, 0) is 6.54 Å². The van der Waals surface area contributed by atoms with Gasteiger partial charge in [-0.2, -0.15) is 10.2 Å². The Kier molecular flexibility index (Phi) is 6.16. The minimum Gasteiger partial charge on any atom is -0.508 e. The van der Waals surface area contributed by atoms with Gasteiger partial charge in [0, 0.05) is 18.7 Å². The number of nitrogens with two attached hydrogens (primary N) is 1. The number of nitriles is 1. The van der Waals surface area contributed by atoms with Gasteiger partial charge in [0.1, 0.15) is 28.9 Å². The lowest BCUT2D eigenvalue weighted by Crippen LogP contribution is -2.43. The van der Waals surface area contributed by atoms with Gasteiger partial charge in [0.2, 0.25) is 5.95 Å². The fraction of sp³-hybridized carbons (Fsp3) is 0.450. The first kappa shape index (κ1) is 19.7. The number of aromatic nitrogens is 2. The van der Waals surface area contributed by atoms with Crippen molar-refractivity contribution in [2.45, 2.75) is 45.4 Å². The molecule has 0 amide bonds. The number of benzene rings is 1. The van der Waals surface area contributed by atoms with Gasteiger partial charge in [-0.25, -0.2) is 4.98 Å². The number of ether oxygens (including phenoxy) is 1. The van der Waals surface area contributed by atoms with Crippen molar-refractivity contribution >= 4 is 11.8 Å². The van der Waals surface area contributed by atoms with Crippen molar-refractivity contribution in [3.05, 3.63) is 35.5 Å². The molecule has 28 heavy (non-hydrogen) atoms. The molecule has 2 heterocycles. The fourth-order valence-corrected chi connectivity index (χ4v) is 3.36. The SMILES string of the molecule is CC(C)Oc1cc(O)cc(CN(c2ncc(C#N)c(N)n2)C2CCNCC2)c1. The van der Waals surface area contributed by atoms with Crippen LogP contribution in [0.15, 0.2) is 24.4 Å². The number of hydrogen-bond acceptors (Lipinski definition) is 8. The van der Waals surface area contributed by atoms with Crippen LogP contribution in [0.5, 0.6) is 11.5 Å². The average Bonchev–Trinajstić information content (AvgIpc) is 2.66. The molecule has 2 aromatic rings. The number of nitrogen functional groups attached to an aromatic ring is 1. The molecular weight excluding hydrogens is 356 g/mol. The highest BCUT2D eigenvalue weighted by Gasteiger charge is 2.24. The molecule has 0 radical (unpaired) electrons. The number of aromatic hydroxyl groups is 1. The van der Waals surface area contributed by atoms with E-state index in [1.165, 1.54) is 6.20 Å². The Hall–Kier alpha value is -3.05. The highest BCUT2D eigenvalue weighted by atomic mass is 16.5. The maximum absolute atomic E-state index is 10.1. The van der Waals surface area contributed by atoms with E-state index >= 15 is 0 Å². The molecule has 8 nitrogen and oxygen atoms in total. The van der Waals surface area contributed by atoms with Crippen molar-refractivity contribution < 1.29 is 9.84 Å². The van der Waals surface area contributed by atoms with E-state index in [1.54, 1.807) is 12.1 Å². The quantitative estimate of drug-likeness (QED) is 0.695. The summed E-state index contributed by atoms with van der Waals surface area (Å²) in [7, 11) is 0. The van der Waals surface area contributed by atoms with E-state index in [4.69, 9.17) is 15.7 Å². The molecule has 0 atom stereocenters. The Morgan fingerprint density at radius 3 is 2.75 bits per heavy atom. The van der Waals surface area contributed by atoms with Gasteiger partial charge in [-0.1, -0.05) is 0 Å². The molecule has 3 rings (SSSR count). The summed E-state index contributed by atoms with van der Waals surface area (Å²) in [5.41, 5.74) is 7.08. The number of anilines is 2. The Morgan fingerprint density at radius 1 is 1.36 bits per heavy atom. The van der Waals surface area contributed by atoms with E-state index in [2.05, 4.69) is 20.2 Å². The fourth-order valence-electron chi connectivity index (χ4n) is 3.36. The maximum Gasteiger partial charge on any atom is 0.227 e. The van der Waals surface area contributed by atoms with Crippen LogP contribution in [-0.4, -0.2) is 40.3 Å². The zero-order valence-electron chi connectivity index (χ0n) is 16.2. The zero-order chi connectivity index (χ0) is 20.1. The van der Waals surface area contributed by atoms with Crippen LogP contribution in [0.2, 0.25) is 0 Å². The zero-order valence-corrected chi connectivity index (χ0v) is 16.2. The van der Waals surface area contributed by atoms with E-state index in [9.17, 15) is 5.11 Å². The molecule has 0 unspecified atom stereocenters. The van der Waals surface area contributed by atoms with Crippen LogP contribution >= 0.6 is 0 Å². The Balaban J connectivity index is 1.93. The summed E-state index contributed by atoms with van der Waals surface area (Å²) in [4.78, 5) is 10.8. The van der Waals surface area contributed by atoms with E-state index in [0.717, 1.165) is 31.5 Å². The number of piperidine rings is 1. The van der Waals surface area contributed by atoms with Crippen molar-refractivity contribution in [1.82, 2.24) is 15.3 Å². The van der Waals surface area contributed by atoms with Gasteiger partial charge < -0.3 is 25.8 Å². The van der Waals surface area contributed by atoms with Crippen molar-refractivity contribution in [3.63, 3.8) is 0 Å². The molecule has 1 fully saturated rings. The molecule has 0 bridgehead atoms. The largest absolute Gasteiger partial charge is 0.508 e. The molecule has 1 aliphatic heterocycles. The van der Waals surface area contributed by atoms with Gasteiger partial charge in [0.05, 0.1) is 12.3 Å². The van der Waals surface area contributed by atoms with E-state index in [0.29, 0.717) is 18.2 Å². The average molecular weight is 382 g/mol. The van der Waals surface area contributed by atoms with E-state index < -0.39 is 0 Å². The van der Waals surface area contributed by atoms with Gasteiger partial charge in [-0.05, 0) is 57.5 Å². The first-order chi connectivity index (χ1) is 13.5. The van der Waals surface area contributed by atoms with Crippen LogP contribution in [0, 0.1) is 11.3 Å². The molecule has 0 spiro atoms. The number of phenolic OH excluding ortho intramolecular Hbond substituents is 1. The molecule has 1 aromatic carbocycles. The number of nitrogens with one attached hydrogen (secondary N) is 1. The third-order valence-electron chi connectivity index (χ3n) is 4.61. The topological polar surface area (TPSA) is 120 Å². The molecule has 0 saturated carbocycles. The summed E-state index contributed by atoms with van der Waals surface area (Å²) in [5, 5.41) is 22.6.